The third kappa shape index (κ3) is 8.67. The molecule has 0 aliphatic carbocycles. The van der Waals surface area contributed by atoms with Gasteiger partial charge in [-0.1, -0.05) is 91.0 Å². The Morgan fingerprint density at radius 1 is 0.719 bits per heavy atom. The van der Waals surface area contributed by atoms with Crippen molar-refractivity contribution in [2.45, 2.75) is 26.2 Å². The van der Waals surface area contributed by atoms with Gasteiger partial charge in [0, 0.05) is 0 Å². The molecule has 167 valence electrons. The molecule has 3 rings (SSSR count). The number of carbonyl (C=O) groups excluding carboxylic acids is 1. The highest BCUT2D eigenvalue weighted by atomic mass is 31.2. The topological polar surface area (TPSA) is 73.9 Å². The summed E-state index contributed by atoms with van der Waals surface area (Å²) in [6.45, 7) is 2.05. The van der Waals surface area contributed by atoms with Crippen LogP contribution in [0.2, 0.25) is 0 Å². The Kier molecular flexibility index (Phi) is 9.51. The maximum absolute atomic E-state index is 13.3. The molecule has 0 saturated carbocycles. The van der Waals surface area contributed by atoms with Crippen molar-refractivity contribution in [1.29, 1.82) is 0 Å². The van der Waals surface area contributed by atoms with Gasteiger partial charge in [0.25, 0.3) is 0 Å². The smallest absolute Gasteiger partial charge is 0.407 e. The van der Waals surface area contributed by atoms with Crippen molar-refractivity contribution < 1.29 is 23.1 Å². The molecule has 7 heteroatoms. The molecule has 0 aromatic heterocycles. The maximum Gasteiger partial charge on any atom is 0.407 e. The zero-order valence-corrected chi connectivity index (χ0v) is 18.7. The number of amides is 1. The summed E-state index contributed by atoms with van der Waals surface area (Å²) in [7, 11) is -3.40. The number of carbonyl (C=O) groups is 1. The van der Waals surface area contributed by atoms with Crippen LogP contribution in [0.3, 0.4) is 0 Å². The first-order chi connectivity index (χ1) is 15.6. The predicted octanol–water partition coefficient (Wildman–Crippen LogP) is 6.09. The molecular formula is C25H27NO5P. The van der Waals surface area contributed by atoms with E-state index in [0.29, 0.717) is 6.42 Å². The number of nitrogens with one attached hydrogen (secondary N) is 1. The van der Waals surface area contributed by atoms with Crippen LogP contribution in [-0.2, 0) is 38.2 Å². The number of hydrogen-bond donors (Lipinski definition) is 1. The van der Waals surface area contributed by atoms with Gasteiger partial charge >= 0.3 is 13.7 Å². The van der Waals surface area contributed by atoms with Gasteiger partial charge in [-0.05, 0) is 23.1 Å². The summed E-state index contributed by atoms with van der Waals surface area (Å²) in [4.78, 5) is 11.9. The zero-order valence-electron chi connectivity index (χ0n) is 17.8. The minimum atomic E-state index is -3.40. The van der Waals surface area contributed by atoms with E-state index in [1.54, 1.807) is 0 Å². The monoisotopic (exact) mass is 452 g/mol. The Bertz CT molecular complexity index is 935. The van der Waals surface area contributed by atoms with E-state index in [1.807, 2.05) is 91.0 Å². The van der Waals surface area contributed by atoms with Gasteiger partial charge in [0.2, 0.25) is 0 Å². The second kappa shape index (κ2) is 12.8. The van der Waals surface area contributed by atoms with Crippen molar-refractivity contribution in [1.82, 2.24) is 5.32 Å². The highest BCUT2D eigenvalue weighted by Crippen LogP contribution is 2.50. The van der Waals surface area contributed by atoms with Gasteiger partial charge in [-0.3, -0.25) is 4.57 Å². The van der Waals surface area contributed by atoms with E-state index in [4.69, 9.17) is 13.8 Å². The Morgan fingerprint density at radius 3 is 1.62 bits per heavy atom. The first-order valence-electron chi connectivity index (χ1n) is 10.4. The normalized spacial score (nSPS) is 11.1. The lowest BCUT2D eigenvalue weighted by Gasteiger charge is -2.19. The lowest BCUT2D eigenvalue weighted by atomic mass is 10.2. The van der Waals surface area contributed by atoms with E-state index in [2.05, 4.69) is 5.32 Å². The summed E-state index contributed by atoms with van der Waals surface area (Å²) in [6, 6.07) is 28.4. The van der Waals surface area contributed by atoms with E-state index in [-0.39, 0.29) is 26.0 Å². The zero-order chi connectivity index (χ0) is 22.5. The van der Waals surface area contributed by atoms with Gasteiger partial charge in [0.1, 0.15) is 6.61 Å². The van der Waals surface area contributed by atoms with Gasteiger partial charge in [0.05, 0.1) is 25.9 Å². The first-order valence-corrected chi connectivity index (χ1v) is 12.1. The van der Waals surface area contributed by atoms with E-state index in [9.17, 15) is 9.36 Å². The standard InChI is InChI=1S/C25H27NO5P/c27-25(29-19-22-11-4-1-5-12-22)26-17-10-18-32(28,30-20-23-13-6-2-7-14-23)31-21-24-15-8-3-9-16-24/h1-9,11-17H,10,18-21H2,(H,26,27). The van der Waals surface area contributed by atoms with Crippen molar-refractivity contribution in [2.75, 3.05) is 6.16 Å². The van der Waals surface area contributed by atoms with Gasteiger partial charge in [-0.25, -0.2) is 4.79 Å². The Morgan fingerprint density at radius 2 is 1.16 bits per heavy atom. The van der Waals surface area contributed by atoms with Crippen LogP contribution in [-0.4, -0.2) is 12.3 Å². The lowest BCUT2D eigenvalue weighted by Crippen LogP contribution is -2.22. The Balaban J connectivity index is 1.46. The average molecular weight is 452 g/mol. The van der Waals surface area contributed by atoms with Crippen molar-refractivity contribution in [3.8, 4) is 0 Å². The van der Waals surface area contributed by atoms with Crippen LogP contribution in [0.15, 0.2) is 91.0 Å². The number of hydrogen-bond acceptors (Lipinski definition) is 5. The maximum atomic E-state index is 13.3. The van der Waals surface area contributed by atoms with E-state index < -0.39 is 13.7 Å². The second-order valence-electron chi connectivity index (χ2n) is 7.05. The molecule has 3 aromatic rings. The molecule has 0 aliphatic heterocycles. The largest absolute Gasteiger partial charge is 0.445 e. The molecule has 0 saturated heterocycles. The summed E-state index contributed by atoms with van der Waals surface area (Å²) in [5.74, 6) is 0. The molecule has 0 spiro atoms. The summed E-state index contributed by atoms with van der Waals surface area (Å²) >= 11 is 0. The second-order valence-corrected chi connectivity index (χ2v) is 9.24. The van der Waals surface area contributed by atoms with Crippen LogP contribution in [0.25, 0.3) is 0 Å². The molecule has 0 bridgehead atoms. The van der Waals surface area contributed by atoms with Crippen LogP contribution >= 0.6 is 7.60 Å². The van der Waals surface area contributed by atoms with Crippen LogP contribution in [0, 0.1) is 6.54 Å². The van der Waals surface area contributed by atoms with E-state index >= 15 is 0 Å². The van der Waals surface area contributed by atoms with Gasteiger partial charge in [-0.2, -0.15) is 0 Å². The first kappa shape index (κ1) is 23.7. The predicted molar refractivity (Wildman–Crippen MR) is 124 cm³/mol. The van der Waals surface area contributed by atoms with Crippen molar-refractivity contribution in [3.05, 3.63) is 114 Å². The third-order valence-electron chi connectivity index (χ3n) is 4.52. The molecule has 0 heterocycles. The minimum Gasteiger partial charge on any atom is -0.445 e. The summed E-state index contributed by atoms with van der Waals surface area (Å²) < 4.78 is 29.9. The van der Waals surface area contributed by atoms with Crippen LogP contribution < -0.4 is 5.32 Å². The minimum absolute atomic E-state index is 0.131. The molecule has 0 unspecified atom stereocenters. The fourth-order valence-electron chi connectivity index (χ4n) is 2.80. The molecule has 0 atom stereocenters. The fraction of sp³-hybridized carbons (Fsp3) is 0.200. The van der Waals surface area contributed by atoms with Crippen molar-refractivity contribution in [3.63, 3.8) is 0 Å². The molecule has 1 radical (unpaired) electrons. The molecular weight excluding hydrogens is 425 g/mol. The summed E-state index contributed by atoms with van der Waals surface area (Å²) in [6.07, 6.45) is -0.133. The number of rotatable bonds is 12. The summed E-state index contributed by atoms with van der Waals surface area (Å²) in [5.41, 5.74) is 2.71. The lowest BCUT2D eigenvalue weighted by molar-refractivity contribution is 0.141. The molecule has 1 N–H and O–H groups in total. The van der Waals surface area contributed by atoms with E-state index in [0.717, 1.165) is 16.7 Å². The summed E-state index contributed by atoms with van der Waals surface area (Å²) in [5, 5.41) is 2.55. The van der Waals surface area contributed by atoms with E-state index in [1.165, 1.54) is 6.54 Å². The number of ether oxygens (including phenoxy) is 1. The van der Waals surface area contributed by atoms with Crippen LogP contribution in [0.1, 0.15) is 23.1 Å². The van der Waals surface area contributed by atoms with Gasteiger partial charge in [0.15, 0.2) is 0 Å². The molecule has 32 heavy (non-hydrogen) atoms. The van der Waals surface area contributed by atoms with Crippen molar-refractivity contribution >= 4 is 13.7 Å². The quantitative estimate of drug-likeness (QED) is 0.266. The van der Waals surface area contributed by atoms with Gasteiger partial charge in [-0.15, -0.1) is 0 Å². The van der Waals surface area contributed by atoms with Crippen LogP contribution in [0.4, 0.5) is 4.79 Å². The SMILES string of the molecule is O=C(N[CH]CCP(=O)(OCc1ccccc1)OCc1ccccc1)OCc1ccccc1. The Hall–Kier alpha value is -2.92. The third-order valence-corrected chi connectivity index (χ3v) is 6.37. The fourth-order valence-corrected chi connectivity index (χ4v) is 4.27. The average Bonchev–Trinajstić information content (AvgIpc) is 2.85. The van der Waals surface area contributed by atoms with Crippen LogP contribution in [0.5, 0.6) is 0 Å². The molecule has 1 amide bonds. The Labute approximate surface area is 189 Å². The molecule has 0 aliphatic rings. The molecule has 6 nitrogen and oxygen atoms in total. The van der Waals surface area contributed by atoms with Gasteiger partial charge < -0.3 is 19.1 Å². The highest BCUT2D eigenvalue weighted by Gasteiger charge is 2.25. The molecule has 0 fully saturated rings. The van der Waals surface area contributed by atoms with Crippen molar-refractivity contribution in [2.24, 2.45) is 0 Å². The molecule has 3 aromatic carbocycles. The highest BCUT2D eigenvalue weighted by molar-refractivity contribution is 7.53. The number of alkyl carbamates (subject to hydrolysis) is 1. The number of benzene rings is 3.